The van der Waals surface area contributed by atoms with E-state index in [1.54, 1.807) is 12.1 Å². The Morgan fingerprint density at radius 3 is 2.56 bits per heavy atom. The average Bonchev–Trinajstić information content (AvgIpc) is 3.10. The van der Waals surface area contributed by atoms with Crippen molar-refractivity contribution >= 4 is 0 Å². The molecule has 0 aromatic heterocycles. The van der Waals surface area contributed by atoms with E-state index in [1.165, 1.54) is 13.0 Å². The number of hydrogen-bond donors (Lipinski definition) is 1. The fourth-order valence-corrected chi connectivity index (χ4v) is 2.04. The van der Waals surface area contributed by atoms with Gasteiger partial charge in [-0.15, -0.1) is 0 Å². The standard InChI is InChI=1S/C13H17F2N/c1-2-13(14,15)11-5-3-4-10(8-11)12(9-16)6-7-12/h3-5,8H,2,6-7,9,16H2,1H3. The molecule has 0 unspecified atom stereocenters. The van der Waals surface area contributed by atoms with Crippen molar-refractivity contribution in [2.75, 3.05) is 6.54 Å². The Kier molecular flexibility index (Phi) is 2.74. The molecule has 0 bridgehead atoms. The predicted molar refractivity (Wildman–Crippen MR) is 60.6 cm³/mol. The van der Waals surface area contributed by atoms with Crippen LogP contribution in [-0.4, -0.2) is 6.54 Å². The summed E-state index contributed by atoms with van der Waals surface area (Å²) in [7, 11) is 0. The van der Waals surface area contributed by atoms with Crippen LogP contribution in [0.1, 0.15) is 37.3 Å². The number of nitrogens with two attached hydrogens (primary N) is 1. The number of alkyl halides is 2. The molecular weight excluding hydrogens is 208 g/mol. The maximum atomic E-state index is 13.5. The van der Waals surface area contributed by atoms with Gasteiger partial charge in [-0.2, -0.15) is 0 Å². The Hall–Kier alpha value is -0.960. The van der Waals surface area contributed by atoms with Gasteiger partial charge in [-0.05, 0) is 24.5 Å². The lowest BCUT2D eigenvalue weighted by Crippen LogP contribution is -2.21. The van der Waals surface area contributed by atoms with Gasteiger partial charge in [0, 0.05) is 23.9 Å². The molecule has 16 heavy (non-hydrogen) atoms. The lowest BCUT2D eigenvalue weighted by molar-refractivity contribution is -0.00838. The fourth-order valence-electron chi connectivity index (χ4n) is 2.04. The van der Waals surface area contributed by atoms with E-state index >= 15 is 0 Å². The second-order valence-corrected chi connectivity index (χ2v) is 4.62. The first kappa shape index (κ1) is 11.5. The molecule has 1 aliphatic rings. The Labute approximate surface area is 94.7 Å². The van der Waals surface area contributed by atoms with Gasteiger partial charge in [-0.25, -0.2) is 8.78 Å². The zero-order valence-corrected chi connectivity index (χ0v) is 9.47. The van der Waals surface area contributed by atoms with E-state index in [4.69, 9.17) is 5.73 Å². The smallest absolute Gasteiger partial charge is 0.273 e. The van der Waals surface area contributed by atoms with Gasteiger partial charge in [0.2, 0.25) is 0 Å². The van der Waals surface area contributed by atoms with Gasteiger partial charge in [0.1, 0.15) is 0 Å². The van der Waals surface area contributed by atoms with Crippen LogP contribution in [0.4, 0.5) is 8.78 Å². The molecule has 0 amide bonds. The second kappa shape index (κ2) is 3.81. The molecule has 1 aromatic rings. The monoisotopic (exact) mass is 225 g/mol. The summed E-state index contributed by atoms with van der Waals surface area (Å²) in [5, 5.41) is 0. The maximum Gasteiger partial charge on any atom is 0.273 e. The van der Waals surface area contributed by atoms with Gasteiger partial charge in [0.25, 0.3) is 5.92 Å². The molecule has 0 aliphatic heterocycles. The molecular formula is C13H17F2N. The van der Waals surface area contributed by atoms with E-state index < -0.39 is 5.92 Å². The van der Waals surface area contributed by atoms with Gasteiger partial charge in [0.15, 0.2) is 0 Å². The molecule has 0 radical (unpaired) electrons. The van der Waals surface area contributed by atoms with E-state index in [0.717, 1.165) is 18.4 Å². The summed E-state index contributed by atoms with van der Waals surface area (Å²) in [6.07, 6.45) is 1.88. The van der Waals surface area contributed by atoms with Crippen LogP contribution in [-0.2, 0) is 11.3 Å². The van der Waals surface area contributed by atoms with Crippen LogP contribution in [0.3, 0.4) is 0 Å². The minimum Gasteiger partial charge on any atom is -0.330 e. The largest absolute Gasteiger partial charge is 0.330 e. The van der Waals surface area contributed by atoms with Crippen LogP contribution in [0.5, 0.6) is 0 Å². The van der Waals surface area contributed by atoms with Crippen molar-refractivity contribution < 1.29 is 8.78 Å². The molecule has 2 N–H and O–H groups in total. The molecule has 1 fully saturated rings. The maximum absolute atomic E-state index is 13.5. The van der Waals surface area contributed by atoms with E-state index in [9.17, 15) is 8.78 Å². The normalized spacial score (nSPS) is 18.5. The Morgan fingerprint density at radius 2 is 2.06 bits per heavy atom. The predicted octanol–water partition coefficient (Wildman–Crippen LogP) is 3.18. The minimum atomic E-state index is -2.72. The van der Waals surface area contributed by atoms with Gasteiger partial charge in [-0.3, -0.25) is 0 Å². The summed E-state index contributed by atoms with van der Waals surface area (Å²) in [6, 6.07) is 6.75. The highest BCUT2D eigenvalue weighted by Crippen LogP contribution is 2.48. The number of rotatable bonds is 4. The van der Waals surface area contributed by atoms with E-state index in [0.29, 0.717) is 6.54 Å². The van der Waals surface area contributed by atoms with Gasteiger partial charge in [0.05, 0.1) is 0 Å². The third-order valence-electron chi connectivity index (χ3n) is 3.59. The molecule has 88 valence electrons. The van der Waals surface area contributed by atoms with Gasteiger partial charge >= 0.3 is 0 Å². The first-order chi connectivity index (χ1) is 7.54. The van der Waals surface area contributed by atoms with Crippen molar-refractivity contribution in [1.29, 1.82) is 0 Å². The van der Waals surface area contributed by atoms with Crippen LogP contribution < -0.4 is 5.73 Å². The second-order valence-electron chi connectivity index (χ2n) is 4.62. The minimum absolute atomic E-state index is 0.0141. The molecule has 0 saturated heterocycles. The first-order valence-corrected chi connectivity index (χ1v) is 5.73. The van der Waals surface area contributed by atoms with E-state index in [2.05, 4.69) is 0 Å². The van der Waals surface area contributed by atoms with Crippen LogP contribution in [0.25, 0.3) is 0 Å². The van der Waals surface area contributed by atoms with Crippen molar-refractivity contribution in [2.45, 2.75) is 37.5 Å². The van der Waals surface area contributed by atoms with Gasteiger partial charge < -0.3 is 5.73 Å². The third-order valence-corrected chi connectivity index (χ3v) is 3.59. The Bertz CT molecular complexity index is 362. The molecule has 0 atom stereocenters. The average molecular weight is 225 g/mol. The lowest BCUT2D eigenvalue weighted by atomic mass is 9.92. The van der Waals surface area contributed by atoms with Gasteiger partial charge in [-0.1, -0.05) is 25.1 Å². The fraction of sp³-hybridized carbons (Fsp3) is 0.538. The Morgan fingerprint density at radius 1 is 1.38 bits per heavy atom. The summed E-state index contributed by atoms with van der Waals surface area (Å²) < 4.78 is 27.1. The number of halogens is 2. The molecule has 0 heterocycles. The summed E-state index contributed by atoms with van der Waals surface area (Å²) in [5.74, 6) is -2.72. The number of hydrogen-bond acceptors (Lipinski definition) is 1. The summed E-state index contributed by atoms with van der Waals surface area (Å²) >= 11 is 0. The topological polar surface area (TPSA) is 26.0 Å². The quantitative estimate of drug-likeness (QED) is 0.836. The van der Waals surface area contributed by atoms with Crippen LogP contribution >= 0.6 is 0 Å². The molecule has 1 saturated carbocycles. The summed E-state index contributed by atoms with van der Waals surface area (Å²) in [5.41, 5.74) is 6.78. The summed E-state index contributed by atoms with van der Waals surface area (Å²) in [6.45, 7) is 2.05. The molecule has 0 spiro atoms. The zero-order chi connectivity index (χ0) is 11.8. The lowest BCUT2D eigenvalue weighted by Gasteiger charge is -2.18. The Balaban J connectivity index is 2.34. The molecule has 1 aliphatic carbocycles. The third kappa shape index (κ3) is 1.84. The molecule has 3 heteroatoms. The van der Waals surface area contributed by atoms with Crippen molar-refractivity contribution in [2.24, 2.45) is 5.73 Å². The van der Waals surface area contributed by atoms with Crippen LogP contribution in [0, 0.1) is 0 Å². The highest BCUT2D eigenvalue weighted by Gasteiger charge is 2.43. The SMILES string of the molecule is CCC(F)(F)c1cccc(C2(CN)CC2)c1. The highest BCUT2D eigenvalue weighted by atomic mass is 19.3. The van der Waals surface area contributed by atoms with Crippen molar-refractivity contribution in [3.05, 3.63) is 35.4 Å². The first-order valence-electron chi connectivity index (χ1n) is 5.73. The van der Waals surface area contributed by atoms with Crippen LogP contribution in [0.15, 0.2) is 24.3 Å². The highest BCUT2D eigenvalue weighted by molar-refractivity contribution is 5.36. The zero-order valence-electron chi connectivity index (χ0n) is 9.47. The summed E-state index contributed by atoms with van der Waals surface area (Å²) in [4.78, 5) is 0. The van der Waals surface area contributed by atoms with Crippen LogP contribution in [0.2, 0.25) is 0 Å². The number of benzene rings is 1. The molecule has 1 nitrogen and oxygen atoms in total. The van der Waals surface area contributed by atoms with E-state index in [1.807, 2.05) is 6.07 Å². The molecule has 1 aromatic carbocycles. The van der Waals surface area contributed by atoms with Crippen molar-refractivity contribution in [1.82, 2.24) is 0 Å². The van der Waals surface area contributed by atoms with Crippen molar-refractivity contribution in [3.63, 3.8) is 0 Å². The van der Waals surface area contributed by atoms with Crippen molar-refractivity contribution in [3.8, 4) is 0 Å². The molecule has 2 rings (SSSR count). The van der Waals surface area contributed by atoms with E-state index in [-0.39, 0.29) is 17.4 Å².